The molecular formula is C23H28F3N3O4. The lowest BCUT2D eigenvalue weighted by Gasteiger charge is -2.34. The Morgan fingerprint density at radius 2 is 1.76 bits per heavy atom. The van der Waals surface area contributed by atoms with Crippen LogP contribution >= 0.6 is 0 Å². The zero-order valence-electron chi connectivity index (χ0n) is 18.6. The molecular weight excluding hydrogens is 439 g/mol. The molecule has 2 unspecified atom stereocenters. The molecule has 2 atom stereocenters. The van der Waals surface area contributed by atoms with Crippen molar-refractivity contribution in [3.8, 4) is 0 Å². The Morgan fingerprint density at radius 1 is 1.15 bits per heavy atom. The second-order valence-electron chi connectivity index (χ2n) is 8.79. The van der Waals surface area contributed by atoms with E-state index in [9.17, 15) is 18.0 Å². The van der Waals surface area contributed by atoms with Crippen LogP contribution in [0.2, 0.25) is 0 Å². The van der Waals surface area contributed by atoms with E-state index in [1.807, 2.05) is 11.0 Å². The Morgan fingerprint density at radius 3 is 2.33 bits per heavy atom. The number of rotatable bonds is 3. The molecule has 0 radical (unpaired) electrons. The van der Waals surface area contributed by atoms with Crippen LogP contribution in [0, 0.1) is 11.8 Å². The number of amides is 1. The van der Waals surface area contributed by atoms with Crippen molar-refractivity contribution in [1.82, 2.24) is 14.8 Å². The number of oxazole rings is 1. The maximum atomic E-state index is 12.8. The Hall–Kier alpha value is -2.88. The van der Waals surface area contributed by atoms with Crippen LogP contribution in [-0.2, 0) is 24.3 Å². The predicted octanol–water partition coefficient (Wildman–Crippen LogP) is 3.98. The fourth-order valence-electron chi connectivity index (χ4n) is 4.28. The molecule has 1 aromatic heterocycles. The van der Waals surface area contributed by atoms with Gasteiger partial charge >= 0.3 is 18.1 Å². The number of piperidine rings is 1. The van der Waals surface area contributed by atoms with Crippen molar-refractivity contribution in [1.29, 1.82) is 0 Å². The lowest BCUT2D eigenvalue weighted by atomic mass is 9.92. The first kappa shape index (κ1) is 24.8. The number of aliphatic carboxylic acids is 1. The van der Waals surface area contributed by atoms with Crippen molar-refractivity contribution in [2.45, 2.75) is 46.0 Å². The first-order valence-electron chi connectivity index (χ1n) is 10.9. The van der Waals surface area contributed by atoms with Gasteiger partial charge in [-0.15, -0.1) is 0 Å². The van der Waals surface area contributed by atoms with Crippen molar-refractivity contribution in [2.24, 2.45) is 11.8 Å². The van der Waals surface area contributed by atoms with Crippen molar-refractivity contribution in [3.05, 3.63) is 53.2 Å². The lowest BCUT2D eigenvalue weighted by molar-refractivity contribution is -0.192. The molecule has 4 rings (SSSR count). The van der Waals surface area contributed by atoms with Gasteiger partial charge in [-0.25, -0.2) is 9.78 Å². The molecule has 1 N–H and O–H groups in total. The van der Waals surface area contributed by atoms with Crippen molar-refractivity contribution in [2.75, 3.05) is 19.6 Å². The van der Waals surface area contributed by atoms with E-state index in [1.165, 1.54) is 12.0 Å². The van der Waals surface area contributed by atoms with Crippen LogP contribution in [0.1, 0.15) is 48.0 Å². The van der Waals surface area contributed by atoms with Crippen LogP contribution in [0.3, 0.4) is 0 Å². The highest BCUT2D eigenvalue weighted by Crippen LogP contribution is 2.25. The van der Waals surface area contributed by atoms with Gasteiger partial charge in [0.1, 0.15) is 5.76 Å². The van der Waals surface area contributed by atoms with Crippen molar-refractivity contribution < 1.29 is 32.3 Å². The largest absolute Gasteiger partial charge is 0.490 e. The SMILES string of the molecule is CC1CC(C)CN(C(=O)c2nc3c(o2)CCN(Cc2ccccc2)C3)C1.O=C(O)C(F)(F)F. The van der Waals surface area contributed by atoms with Gasteiger partial charge in [0, 0.05) is 39.1 Å². The topological polar surface area (TPSA) is 86.9 Å². The number of carboxylic acid groups (broad SMARTS) is 1. The highest BCUT2D eigenvalue weighted by Gasteiger charge is 2.38. The third kappa shape index (κ3) is 6.80. The molecule has 0 aliphatic carbocycles. The quantitative estimate of drug-likeness (QED) is 0.735. The number of aromatic nitrogens is 1. The maximum absolute atomic E-state index is 12.8. The van der Waals surface area contributed by atoms with Gasteiger partial charge in [-0.1, -0.05) is 44.2 Å². The van der Waals surface area contributed by atoms with Crippen LogP contribution in [-0.4, -0.2) is 57.6 Å². The lowest BCUT2D eigenvalue weighted by Crippen LogP contribution is -2.42. The third-order valence-electron chi connectivity index (χ3n) is 5.64. The number of hydrogen-bond donors (Lipinski definition) is 1. The van der Waals surface area contributed by atoms with E-state index < -0.39 is 12.1 Å². The number of carbonyl (C=O) groups excluding carboxylic acids is 1. The molecule has 1 fully saturated rings. The minimum absolute atomic E-state index is 0.0487. The molecule has 33 heavy (non-hydrogen) atoms. The second kappa shape index (κ2) is 10.4. The summed E-state index contributed by atoms with van der Waals surface area (Å²) in [4.78, 5) is 30.6. The Kier molecular flexibility index (Phi) is 7.78. The number of alkyl halides is 3. The van der Waals surface area contributed by atoms with E-state index in [-0.39, 0.29) is 11.8 Å². The van der Waals surface area contributed by atoms with Gasteiger partial charge in [0.2, 0.25) is 0 Å². The number of fused-ring (bicyclic) bond motifs is 1. The van der Waals surface area contributed by atoms with Crippen LogP contribution in [0.15, 0.2) is 34.7 Å². The summed E-state index contributed by atoms with van der Waals surface area (Å²) in [5.41, 5.74) is 2.22. The summed E-state index contributed by atoms with van der Waals surface area (Å²) in [7, 11) is 0. The molecule has 7 nitrogen and oxygen atoms in total. The summed E-state index contributed by atoms with van der Waals surface area (Å²) in [6, 6.07) is 10.5. The summed E-state index contributed by atoms with van der Waals surface area (Å²) in [5, 5.41) is 7.12. The highest BCUT2D eigenvalue weighted by atomic mass is 19.4. The monoisotopic (exact) mass is 467 g/mol. The van der Waals surface area contributed by atoms with Crippen molar-refractivity contribution in [3.63, 3.8) is 0 Å². The van der Waals surface area contributed by atoms with Gasteiger partial charge in [-0.05, 0) is 23.8 Å². The van der Waals surface area contributed by atoms with E-state index >= 15 is 0 Å². The number of halogens is 3. The first-order valence-corrected chi connectivity index (χ1v) is 10.9. The normalized spacial score (nSPS) is 21.1. The molecule has 1 aromatic carbocycles. The average Bonchev–Trinajstić information content (AvgIpc) is 3.16. The molecule has 2 aliphatic rings. The van der Waals surface area contributed by atoms with Gasteiger partial charge < -0.3 is 14.4 Å². The van der Waals surface area contributed by atoms with Gasteiger partial charge in [0.15, 0.2) is 0 Å². The standard InChI is InChI=1S/C21H27N3O2.C2HF3O2/c1-15-10-16(2)12-24(11-15)21(25)20-22-18-14-23(9-8-19(18)26-20)13-17-6-4-3-5-7-17;3-2(4,5)1(6)7/h3-7,15-16H,8-14H2,1-2H3;(H,6,7). The number of hydrogen-bond acceptors (Lipinski definition) is 5. The summed E-state index contributed by atoms with van der Waals surface area (Å²) in [6.45, 7) is 8.59. The third-order valence-corrected chi connectivity index (χ3v) is 5.64. The number of benzene rings is 1. The number of likely N-dealkylation sites (tertiary alicyclic amines) is 1. The molecule has 0 spiro atoms. The molecule has 3 heterocycles. The Labute approximate surface area is 190 Å². The van der Waals surface area contributed by atoms with Crippen LogP contribution in [0.4, 0.5) is 13.2 Å². The van der Waals surface area contributed by atoms with Gasteiger partial charge in [-0.2, -0.15) is 13.2 Å². The van der Waals surface area contributed by atoms with Gasteiger partial charge in [-0.3, -0.25) is 9.69 Å². The molecule has 1 saturated heterocycles. The molecule has 10 heteroatoms. The minimum Gasteiger partial charge on any atom is -0.475 e. The zero-order valence-corrected chi connectivity index (χ0v) is 18.6. The van der Waals surface area contributed by atoms with E-state index in [1.54, 1.807) is 0 Å². The molecule has 2 aromatic rings. The molecule has 1 amide bonds. The summed E-state index contributed by atoms with van der Waals surface area (Å²) < 4.78 is 37.6. The van der Waals surface area contributed by atoms with E-state index in [2.05, 4.69) is 48.0 Å². The van der Waals surface area contributed by atoms with E-state index in [4.69, 9.17) is 14.3 Å². The first-order chi connectivity index (χ1) is 15.5. The highest BCUT2D eigenvalue weighted by molar-refractivity contribution is 5.89. The Bertz CT molecular complexity index is 952. The van der Waals surface area contributed by atoms with E-state index in [0.717, 1.165) is 50.6 Å². The van der Waals surface area contributed by atoms with E-state index in [0.29, 0.717) is 11.8 Å². The molecule has 180 valence electrons. The Balaban J connectivity index is 0.000000383. The number of nitrogens with zero attached hydrogens (tertiary/aromatic N) is 3. The minimum atomic E-state index is -5.08. The molecule has 0 saturated carbocycles. The maximum Gasteiger partial charge on any atom is 0.490 e. The number of carboxylic acids is 1. The molecule has 0 bridgehead atoms. The van der Waals surface area contributed by atoms with Crippen LogP contribution < -0.4 is 0 Å². The molecule has 2 aliphatic heterocycles. The summed E-state index contributed by atoms with van der Waals surface area (Å²) >= 11 is 0. The van der Waals surface area contributed by atoms with Crippen LogP contribution in [0.5, 0.6) is 0 Å². The zero-order chi connectivity index (χ0) is 24.2. The number of carbonyl (C=O) groups is 2. The summed E-state index contributed by atoms with van der Waals surface area (Å²) in [5.74, 6) is -0.573. The smallest absolute Gasteiger partial charge is 0.475 e. The fraction of sp³-hybridized carbons (Fsp3) is 0.522. The van der Waals surface area contributed by atoms with Crippen molar-refractivity contribution >= 4 is 11.9 Å². The summed E-state index contributed by atoms with van der Waals surface area (Å²) in [6.07, 6.45) is -3.09. The fourth-order valence-corrected chi connectivity index (χ4v) is 4.28. The van der Waals surface area contributed by atoms with Gasteiger partial charge in [0.05, 0.1) is 5.69 Å². The van der Waals surface area contributed by atoms with Gasteiger partial charge in [0.25, 0.3) is 5.89 Å². The average molecular weight is 467 g/mol. The second-order valence-corrected chi connectivity index (χ2v) is 8.79. The van der Waals surface area contributed by atoms with Crippen LogP contribution in [0.25, 0.3) is 0 Å². The predicted molar refractivity (Wildman–Crippen MR) is 113 cm³/mol.